The number of fused-ring (bicyclic) bond motifs is 1. The lowest BCUT2D eigenvalue weighted by Crippen LogP contribution is -2.18. The fourth-order valence-corrected chi connectivity index (χ4v) is 4.75. The van der Waals surface area contributed by atoms with Crippen LogP contribution in [0.2, 0.25) is 0 Å². The topological polar surface area (TPSA) is 70.8 Å². The SMILES string of the molecule is Cc1c(C(=O)O)oc2ccc(SN(CCc3ccccc3)Cc3ccc(/C=C/C=O)cc3)cc12. The summed E-state index contributed by atoms with van der Waals surface area (Å²) in [6, 6.07) is 24.3. The molecule has 0 saturated carbocycles. The predicted molar refractivity (Wildman–Crippen MR) is 136 cm³/mol. The third kappa shape index (κ3) is 5.84. The van der Waals surface area contributed by atoms with Crippen LogP contribution in [0.15, 0.2) is 88.2 Å². The van der Waals surface area contributed by atoms with E-state index in [2.05, 4.69) is 28.6 Å². The number of carboxylic acid groups (broad SMARTS) is 1. The van der Waals surface area contributed by atoms with Crippen molar-refractivity contribution >= 4 is 41.2 Å². The lowest BCUT2D eigenvalue weighted by atomic mass is 10.1. The van der Waals surface area contributed by atoms with Crippen LogP contribution < -0.4 is 0 Å². The molecular weight excluding hydrogens is 446 g/mol. The minimum absolute atomic E-state index is 0.0122. The van der Waals surface area contributed by atoms with E-state index in [0.29, 0.717) is 11.1 Å². The average molecular weight is 472 g/mol. The maximum absolute atomic E-state index is 11.4. The number of rotatable bonds is 10. The Morgan fingerprint density at radius 3 is 2.50 bits per heavy atom. The Balaban J connectivity index is 1.55. The van der Waals surface area contributed by atoms with E-state index >= 15 is 0 Å². The highest BCUT2D eigenvalue weighted by Gasteiger charge is 2.17. The van der Waals surface area contributed by atoms with Crippen molar-refractivity contribution in [2.45, 2.75) is 24.8 Å². The van der Waals surface area contributed by atoms with E-state index in [4.69, 9.17) is 4.42 Å². The molecule has 4 aromatic rings. The van der Waals surface area contributed by atoms with E-state index < -0.39 is 5.97 Å². The first-order valence-corrected chi connectivity index (χ1v) is 11.7. The minimum Gasteiger partial charge on any atom is -0.475 e. The van der Waals surface area contributed by atoms with Gasteiger partial charge in [0.15, 0.2) is 0 Å². The summed E-state index contributed by atoms with van der Waals surface area (Å²) in [6.07, 6.45) is 4.95. The molecule has 0 aliphatic carbocycles. The molecule has 0 radical (unpaired) electrons. The molecule has 0 fully saturated rings. The van der Waals surface area contributed by atoms with Gasteiger partial charge in [0.1, 0.15) is 11.9 Å². The van der Waals surface area contributed by atoms with E-state index in [1.54, 1.807) is 24.9 Å². The fourth-order valence-electron chi connectivity index (χ4n) is 3.75. The second kappa shape index (κ2) is 11.0. The number of allylic oxidation sites excluding steroid dienone is 1. The van der Waals surface area contributed by atoms with Gasteiger partial charge < -0.3 is 9.52 Å². The Morgan fingerprint density at radius 1 is 1.03 bits per heavy atom. The van der Waals surface area contributed by atoms with Crippen LogP contribution in [0.3, 0.4) is 0 Å². The van der Waals surface area contributed by atoms with Gasteiger partial charge in [0.25, 0.3) is 0 Å². The summed E-state index contributed by atoms with van der Waals surface area (Å²) in [5, 5.41) is 10.2. The number of aldehydes is 1. The Bertz CT molecular complexity index is 1310. The number of hydrogen-bond acceptors (Lipinski definition) is 5. The molecule has 0 spiro atoms. The molecule has 34 heavy (non-hydrogen) atoms. The quantitative estimate of drug-likeness (QED) is 0.164. The van der Waals surface area contributed by atoms with Crippen LogP contribution in [0, 0.1) is 6.92 Å². The molecule has 1 aromatic heterocycles. The number of carboxylic acids is 1. The summed E-state index contributed by atoms with van der Waals surface area (Å²) in [5.74, 6) is -1.07. The highest BCUT2D eigenvalue weighted by molar-refractivity contribution is 7.97. The molecule has 0 saturated heterocycles. The van der Waals surface area contributed by atoms with E-state index in [9.17, 15) is 14.7 Å². The molecule has 0 bridgehead atoms. The van der Waals surface area contributed by atoms with Gasteiger partial charge in [-0.1, -0.05) is 60.7 Å². The Kier molecular flexibility index (Phi) is 7.62. The zero-order chi connectivity index (χ0) is 23.9. The van der Waals surface area contributed by atoms with E-state index in [1.165, 1.54) is 11.6 Å². The monoisotopic (exact) mass is 471 g/mol. The standard InChI is InChI=1S/C28H25NO4S/c1-20-25-18-24(13-14-26(25)33-27(20)28(31)32)34-29(16-15-21-6-3-2-4-7-21)19-23-11-9-22(10-12-23)8-5-17-30/h2-14,17-18H,15-16,19H2,1H3,(H,31,32)/b8-5+. The van der Waals surface area contributed by atoms with Gasteiger partial charge in [0, 0.05) is 28.9 Å². The molecule has 6 heteroatoms. The lowest BCUT2D eigenvalue weighted by Gasteiger charge is -2.21. The van der Waals surface area contributed by atoms with Gasteiger partial charge in [-0.05, 0) is 66.3 Å². The number of furan rings is 1. The number of aromatic carboxylic acids is 1. The first kappa shape index (κ1) is 23.5. The second-order valence-corrected chi connectivity index (χ2v) is 9.12. The van der Waals surface area contributed by atoms with Crippen LogP contribution in [0.5, 0.6) is 0 Å². The van der Waals surface area contributed by atoms with Crippen molar-refractivity contribution in [2.24, 2.45) is 0 Å². The van der Waals surface area contributed by atoms with Crippen molar-refractivity contribution < 1.29 is 19.1 Å². The van der Waals surface area contributed by atoms with Gasteiger partial charge in [-0.25, -0.2) is 9.10 Å². The highest BCUT2D eigenvalue weighted by atomic mass is 32.2. The average Bonchev–Trinajstić information content (AvgIpc) is 3.19. The molecule has 3 aromatic carbocycles. The van der Waals surface area contributed by atoms with Gasteiger partial charge in [-0.3, -0.25) is 4.79 Å². The van der Waals surface area contributed by atoms with Crippen molar-refractivity contribution in [3.63, 3.8) is 0 Å². The second-order valence-electron chi connectivity index (χ2n) is 7.95. The molecule has 5 nitrogen and oxygen atoms in total. The summed E-state index contributed by atoms with van der Waals surface area (Å²) < 4.78 is 7.81. The van der Waals surface area contributed by atoms with Crippen LogP contribution in [-0.2, 0) is 17.8 Å². The first-order chi connectivity index (χ1) is 16.5. The van der Waals surface area contributed by atoms with E-state index in [-0.39, 0.29) is 5.76 Å². The molecule has 1 N–H and O–H groups in total. The molecule has 172 valence electrons. The highest BCUT2D eigenvalue weighted by Crippen LogP contribution is 2.32. The fraction of sp³-hybridized carbons (Fsp3) is 0.143. The number of benzene rings is 3. The molecule has 0 atom stereocenters. The summed E-state index contributed by atoms with van der Waals surface area (Å²) in [4.78, 5) is 23.0. The lowest BCUT2D eigenvalue weighted by molar-refractivity contribution is -0.104. The number of hydrogen-bond donors (Lipinski definition) is 1. The maximum Gasteiger partial charge on any atom is 0.372 e. The van der Waals surface area contributed by atoms with Crippen LogP contribution in [0.25, 0.3) is 17.0 Å². The molecule has 4 rings (SSSR count). The zero-order valence-corrected chi connectivity index (χ0v) is 19.6. The zero-order valence-electron chi connectivity index (χ0n) is 18.8. The Hall–Kier alpha value is -3.61. The van der Waals surface area contributed by atoms with Crippen LogP contribution in [-0.4, -0.2) is 28.2 Å². The van der Waals surface area contributed by atoms with Gasteiger partial charge in [-0.2, -0.15) is 0 Å². The van der Waals surface area contributed by atoms with Crippen LogP contribution >= 0.6 is 11.9 Å². The molecule has 0 unspecified atom stereocenters. The molecule has 0 amide bonds. The van der Waals surface area contributed by atoms with Crippen LogP contribution in [0.4, 0.5) is 0 Å². The third-order valence-electron chi connectivity index (χ3n) is 5.53. The molecule has 0 aliphatic heterocycles. The normalized spacial score (nSPS) is 11.5. The van der Waals surface area contributed by atoms with Crippen molar-refractivity contribution in [1.82, 2.24) is 4.31 Å². The molecular formula is C28H25NO4S. The van der Waals surface area contributed by atoms with Crippen molar-refractivity contribution in [2.75, 3.05) is 6.54 Å². The summed E-state index contributed by atoms with van der Waals surface area (Å²) in [5.41, 5.74) is 4.63. The minimum atomic E-state index is -1.06. The largest absolute Gasteiger partial charge is 0.475 e. The first-order valence-electron chi connectivity index (χ1n) is 11.0. The van der Waals surface area contributed by atoms with Gasteiger partial charge in [0.05, 0.1) is 0 Å². The van der Waals surface area contributed by atoms with E-state index in [0.717, 1.165) is 47.2 Å². The van der Waals surface area contributed by atoms with Gasteiger partial charge >= 0.3 is 5.97 Å². The van der Waals surface area contributed by atoms with Crippen molar-refractivity contribution in [1.29, 1.82) is 0 Å². The smallest absolute Gasteiger partial charge is 0.372 e. The molecule has 0 aliphatic rings. The maximum atomic E-state index is 11.4. The number of nitrogens with zero attached hydrogens (tertiary/aromatic N) is 1. The Labute approximate surface area is 202 Å². The van der Waals surface area contributed by atoms with Crippen molar-refractivity contribution in [3.05, 3.63) is 107 Å². The van der Waals surface area contributed by atoms with Gasteiger partial charge in [-0.15, -0.1) is 0 Å². The van der Waals surface area contributed by atoms with Crippen LogP contribution in [0.1, 0.15) is 32.8 Å². The van der Waals surface area contributed by atoms with Gasteiger partial charge in [0.2, 0.25) is 5.76 Å². The summed E-state index contributed by atoms with van der Waals surface area (Å²) in [7, 11) is 0. The predicted octanol–water partition coefficient (Wildman–Crippen LogP) is 6.40. The number of carbonyl (C=O) groups is 2. The Morgan fingerprint density at radius 2 is 1.79 bits per heavy atom. The number of carbonyl (C=O) groups excluding carboxylic acids is 1. The summed E-state index contributed by atoms with van der Waals surface area (Å²) in [6.45, 7) is 3.35. The third-order valence-corrected chi connectivity index (χ3v) is 6.57. The van der Waals surface area contributed by atoms with Crippen molar-refractivity contribution in [3.8, 4) is 0 Å². The van der Waals surface area contributed by atoms with E-state index in [1.807, 2.05) is 48.5 Å². The molecule has 1 heterocycles. The number of aryl methyl sites for hydroxylation is 1. The summed E-state index contributed by atoms with van der Waals surface area (Å²) >= 11 is 1.65.